The zero-order valence-corrected chi connectivity index (χ0v) is 8.03. The van der Waals surface area contributed by atoms with Gasteiger partial charge < -0.3 is 10.0 Å². The summed E-state index contributed by atoms with van der Waals surface area (Å²) in [5, 5.41) is 10.3. The Kier molecular flexibility index (Phi) is 2.21. The minimum atomic E-state index is -0.00958. The van der Waals surface area contributed by atoms with Crippen LogP contribution in [0.2, 0.25) is 5.15 Å². The zero-order valence-electron chi connectivity index (χ0n) is 6.46. The molecule has 0 unspecified atom stereocenters. The number of thiazole rings is 1. The van der Waals surface area contributed by atoms with Gasteiger partial charge in [-0.15, -0.1) is 0 Å². The predicted molar refractivity (Wildman–Crippen MR) is 49.9 cm³/mol. The molecule has 12 heavy (non-hydrogen) atoms. The van der Waals surface area contributed by atoms with Crippen LogP contribution in [0.25, 0.3) is 0 Å². The lowest BCUT2D eigenvalue weighted by molar-refractivity contribution is 0.285. The highest BCUT2D eigenvalue weighted by molar-refractivity contribution is 7.16. The van der Waals surface area contributed by atoms with Crippen LogP contribution in [-0.2, 0) is 6.61 Å². The van der Waals surface area contributed by atoms with Gasteiger partial charge in [-0.05, 0) is 6.42 Å². The Bertz CT molecular complexity index is 285. The van der Waals surface area contributed by atoms with E-state index in [9.17, 15) is 0 Å². The van der Waals surface area contributed by atoms with Gasteiger partial charge in [0.1, 0.15) is 5.15 Å². The summed E-state index contributed by atoms with van der Waals surface area (Å²) in [6.45, 7) is 2.12. The molecule has 1 aromatic heterocycles. The first-order chi connectivity index (χ1) is 5.81. The Morgan fingerprint density at radius 1 is 1.58 bits per heavy atom. The van der Waals surface area contributed by atoms with Crippen LogP contribution in [0, 0.1) is 0 Å². The number of halogens is 1. The van der Waals surface area contributed by atoms with E-state index >= 15 is 0 Å². The van der Waals surface area contributed by atoms with Gasteiger partial charge in [-0.1, -0.05) is 22.9 Å². The Morgan fingerprint density at radius 3 is 2.75 bits per heavy atom. The largest absolute Gasteiger partial charge is 0.391 e. The smallest absolute Gasteiger partial charge is 0.187 e. The average molecular weight is 205 g/mol. The second-order valence-electron chi connectivity index (χ2n) is 2.71. The van der Waals surface area contributed by atoms with Crippen LogP contribution in [0.15, 0.2) is 0 Å². The second kappa shape index (κ2) is 3.20. The molecule has 1 aromatic rings. The van der Waals surface area contributed by atoms with Crippen LogP contribution in [0.4, 0.5) is 5.13 Å². The number of hydrogen-bond acceptors (Lipinski definition) is 4. The van der Waals surface area contributed by atoms with E-state index in [0.717, 1.165) is 23.1 Å². The van der Waals surface area contributed by atoms with Crippen molar-refractivity contribution in [3.63, 3.8) is 0 Å². The van der Waals surface area contributed by atoms with E-state index in [1.54, 1.807) is 0 Å². The van der Waals surface area contributed by atoms with Gasteiger partial charge in [-0.25, -0.2) is 4.98 Å². The van der Waals surface area contributed by atoms with Gasteiger partial charge in [0.15, 0.2) is 5.13 Å². The number of nitrogens with zero attached hydrogens (tertiary/aromatic N) is 2. The lowest BCUT2D eigenvalue weighted by Crippen LogP contribution is -2.36. The van der Waals surface area contributed by atoms with Gasteiger partial charge in [0.05, 0.1) is 11.5 Å². The molecule has 2 heterocycles. The van der Waals surface area contributed by atoms with E-state index in [2.05, 4.69) is 9.88 Å². The number of aliphatic hydroxyl groups is 1. The fraction of sp³-hybridized carbons (Fsp3) is 0.571. The molecule has 0 bridgehead atoms. The second-order valence-corrected chi connectivity index (χ2v) is 4.13. The Morgan fingerprint density at radius 2 is 2.33 bits per heavy atom. The van der Waals surface area contributed by atoms with Crippen molar-refractivity contribution in [2.24, 2.45) is 0 Å². The Balaban J connectivity index is 2.21. The third kappa shape index (κ3) is 1.30. The number of anilines is 1. The summed E-state index contributed by atoms with van der Waals surface area (Å²) in [6.07, 6.45) is 1.23. The molecule has 0 saturated carbocycles. The molecule has 1 fully saturated rings. The van der Waals surface area contributed by atoms with Crippen LogP contribution in [0.3, 0.4) is 0 Å². The summed E-state index contributed by atoms with van der Waals surface area (Å²) < 4.78 is 0. The van der Waals surface area contributed by atoms with Crippen LogP contribution in [-0.4, -0.2) is 23.2 Å². The molecule has 0 aliphatic carbocycles. The van der Waals surface area contributed by atoms with Crippen molar-refractivity contribution in [3.8, 4) is 0 Å². The number of aliphatic hydroxyl groups excluding tert-OH is 1. The van der Waals surface area contributed by atoms with Crippen molar-refractivity contribution in [1.29, 1.82) is 0 Å². The van der Waals surface area contributed by atoms with Crippen LogP contribution in [0.5, 0.6) is 0 Å². The van der Waals surface area contributed by atoms with Crippen molar-refractivity contribution < 1.29 is 5.11 Å². The summed E-state index contributed by atoms with van der Waals surface area (Å²) in [5.74, 6) is 0. The quantitative estimate of drug-likeness (QED) is 0.793. The molecule has 1 aliphatic heterocycles. The minimum Gasteiger partial charge on any atom is -0.391 e. The maximum absolute atomic E-state index is 8.87. The Labute approximate surface area is 79.6 Å². The van der Waals surface area contributed by atoms with Gasteiger partial charge in [0.2, 0.25) is 0 Å². The van der Waals surface area contributed by atoms with Crippen LogP contribution in [0.1, 0.15) is 11.3 Å². The van der Waals surface area contributed by atoms with Crippen molar-refractivity contribution >= 4 is 28.1 Å². The maximum atomic E-state index is 8.87. The summed E-state index contributed by atoms with van der Waals surface area (Å²) in [4.78, 5) is 7.08. The highest BCUT2D eigenvalue weighted by Gasteiger charge is 2.19. The number of rotatable bonds is 2. The SMILES string of the molecule is OCc1sc(N2CCC2)nc1Cl. The zero-order chi connectivity index (χ0) is 8.55. The fourth-order valence-corrected chi connectivity index (χ4v) is 2.23. The van der Waals surface area contributed by atoms with E-state index < -0.39 is 0 Å². The first-order valence-electron chi connectivity index (χ1n) is 3.82. The topological polar surface area (TPSA) is 36.4 Å². The van der Waals surface area contributed by atoms with Crippen molar-refractivity contribution in [2.75, 3.05) is 18.0 Å². The van der Waals surface area contributed by atoms with E-state index in [4.69, 9.17) is 16.7 Å². The molecule has 1 saturated heterocycles. The van der Waals surface area contributed by atoms with Crippen LogP contribution < -0.4 is 4.90 Å². The third-order valence-corrected chi connectivity index (χ3v) is 3.43. The highest BCUT2D eigenvalue weighted by atomic mass is 35.5. The standard InChI is InChI=1S/C7H9ClN2OS/c8-6-5(4-11)12-7(9-6)10-2-1-3-10/h11H,1-4H2. The third-order valence-electron chi connectivity index (χ3n) is 1.91. The average Bonchev–Trinajstić information content (AvgIpc) is 2.27. The summed E-state index contributed by atoms with van der Waals surface area (Å²) in [6, 6.07) is 0. The number of aromatic nitrogens is 1. The molecule has 0 aromatic carbocycles. The first-order valence-corrected chi connectivity index (χ1v) is 5.01. The van der Waals surface area contributed by atoms with Crippen molar-refractivity contribution in [2.45, 2.75) is 13.0 Å². The molecular formula is C7H9ClN2OS. The van der Waals surface area contributed by atoms with E-state index in [1.165, 1.54) is 17.8 Å². The van der Waals surface area contributed by atoms with Crippen molar-refractivity contribution in [1.82, 2.24) is 4.98 Å². The predicted octanol–water partition coefficient (Wildman–Crippen LogP) is 1.50. The molecule has 66 valence electrons. The normalized spacial score (nSPS) is 16.3. The lowest BCUT2D eigenvalue weighted by atomic mass is 10.2. The van der Waals surface area contributed by atoms with Crippen LogP contribution >= 0.6 is 22.9 Å². The minimum absolute atomic E-state index is 0.00958. The summed E-state index contributed by atoms with van der Waals surface area (Å²) in [5.41, 5.74) is 0. The molecule has 1 aliphatic rings. The highest BCUT2D eigenvalue weighted by Crippen LogP contribution is 2.31. The summed E-state index contributed by atoms with van der Waals surface area (Å²) >= 11 is 7.26. The molecule has 1 N–H and O–H groups in total. The van der Waals surface area contributed by atoms with E-state index in [1.807, 2.05) is 0 Å². The fourth-order valence-electron chi connectivity index (χ4n) is 1.06. The molecule has 3 nitrogen and oxygen atoms in total. The monoisotopic (exact) mass is 204 g/mol. The summed E-state index contributed by atoms with van der Waals surface area (Å²) in [7, 11) is 0. The molecule has 5 heteroatoms. The molecule has 2 rings (SSSR count). The molecular weight excluding hydrogens is 196 g/mol. The van der Waals surface area contributed by atoms with E-state index in [-0.39, 0.29) is 6.61 Å². The number of hydrogen-bond donors (Lipinski definition) is 1. The first kappa shape index (κ1) is 8.29. The Hall–Kier alpha value is -0.320. The molecule has 0 radical (unpaired) electrons. The van der Waals surface area contributed by atoms with E-state index in [0.29, 0.717) is 5.15 Å². The van der Waals surface area contributed by atoms with Gasteiger partial charge in [-0.2, -0.15) is 0 Å². The molecule has 0 atom stereocenters. The van der Waals surface area contributed by atoms with Crippen molar-refractivity contribution in [3.05, 3.63) is 10.0 Å². The van der Waals surface area contributed by atoms with Gasteiger partial charge in [-0.3, -0.25) is 0 Å². The lowest BCUT2D eigenvalue weighted by Gasteiger charge is -2.30. The molecule has 0 spiro atoms. The van der Waals surface area contributed by atoms with Gasteiger partial charge >= 0.3 is 0 Å². The van der Waals surface area contributed by atoms with Gasteiger partial charge in [0, 0.05) is 13.1 Å². The van der Waals surface area contributed by atoms with Gasteiger partial charge in [0.25, 0.3) is 0 Å². The maximum Gasteiger partial charge on any atom is 0.187 e. The molecule has 0 amide bonds.